The van der Waals surface area contributed by atoms with Crippen LogP contribution in [0.25, 0.3) is 10.9 Å². The molecule has 8 heteroatoms. The van der Waals surface area contributed by atoms with Gasteiger partial charge in [0, 0.05) is 36.0 Å². The summed E-state index contributed by atoms with van der Waals surface area (Å²) in [4.78, 5) is 19.0. The summed E-state index contributed by atoms with van der Waals surface area (Å²) in [5.74, 6) is -0.907. The molecule has 1 aliphatic heterocycles. The third-order valence-electron chi connectivity index (χ3n) is 7.19. The standard InChI is InChI=1S/C27H24F2N4O2/c28-23-10-18(14-30)9-21(11-23)25-6-8-35-33(25)27(34)19-3-1-17(2-4-19)16-32-7-5-20-12-24(29)22(15-31)13-26(20)32/h5,7,9-13,17,19,25H,1-4,6,8,16H2/t17-,19-,25-/m0/s1. The molecule has 1 saturated heterocycles. The fourth-order valence-corrected chi connectivity index (χ4v) is 5.36. The van der Waals surface area contributed by atoms with Gasteiger partial charge < -0.3 is 4.57 Å². The second-order valence-corrected chi connectivity index (χ2v) is 9.38. The largest absolute Gasteiger partial charge is 0.347 e. The second kappa shape index (κ2) is 9.48. The van der Waals surface area contributed by atoms with Gasteiger partial charge in [0.05, 0.1) is 29.8 Å². The summed E-state index contributed by atoms with van der Waals surface area (Å²) in [5, 5.41) is 20.5. The van der Waals surface area contributed by atoms with Crippen molar-refractivity contribution in [2.24, 2.45) is 11.8 Å². The van der Waals surface area contributed by atoms with Crippen molar-refractivity contribution in [3.05, 3.63) is 70.9 Å². The molecule has 1 aliphatic carbocycles. The summed E-state index contributed by atoms with van der Waals surface area (Å²) in [5.41, 5.74) is 1.67. The lowest BCUT2D eigenvalue weighted by atomic mass is 9.81. The lowest BCUT2D eigenvalue weighted by Gasteiger charge is -2.32. The Kier molecular flexibility index (Phi) is 6.23. The summed E-state index contributed by atoms with van der Waals surface area (Å²) < 4.78 is 29.9. The van der Waals surface area contributed by atoms with E-state index in [1.54, 1.807) is 12.1 Å². The highest BCUT2D eigenvalue weighted by Gasteiger charge is 2.37. The minimum atomic E-state index is -0.513. The number of hydrogen-bond acceptors (Lipinski definition) is 4. The molecule has 2 fully saturated rings. The van der Waals surface area contributed by atoms with Gasteiger partial charge in [-0.3, -0.25) is 9.63 Å². The third-order valence-corrected chi connectivity index (χ3v) is 7.19. The van der Waals surface area contributed by atoms with Crippen LogP contribution in [-0.4, -0.2) is 22.1 Å². The first-order valence-corrected chi connectivity index (χ1v) is 11.8. The average molecular weight is 475 g/mol. The normalized spacial score (nSPS) is 22.2. The molecule has 2 aromatic carbocycles. The first-order valence-electron chi connectivity index (χ1n) is 11.8. The summed E-state index contributed by atoms with van der Waals surface area (Å²) in [7, 11) is 0. The summed E-state index contributed by atoms with van der Waals surface area (Å²) in [6.45, 7) is 1.11. The maximum atomic E-state index is 14.0. The molecule has 1 amide bonds. The summed E-state index contributed by atoms with van der Waals surface area (Å²) in [6, 6.07) is 12.5. The van der Waals surface area contributed by atoms with Gasteiger partial charge in [-0.15, -0.1) is 0 Å². The number of carbonyl (C=O) groups excluding carboxylic acids is 1. The number of rotatable bonds is 4. The van der Waals surface area contributed by atoms with E-state index in [2.05, 4.69) is 4.57 Å². The number of halogens is 2. The number of hydroxylamine groups is 2. The number of hydrogen-bond donors (Lipinski definition) is 0. The third kappa shape index (κ3) is 4.50. The van der Waals surface area contributed by atoms with Gasteiger partial charge in [0.25, 0.3) is 0 Å². The first-order chi connectivity index (χ1) is 17.0. The molecule has 178 valence electrons. The summed E-state index contributed by atoms with van der Waals surface area (Å²) in [6.07, 6.45) is 5.64. The highest BCUT2D eigenvalue weighted by atomic mass is 19.1. The molecule has 0 unspecified atom stereocenters. The van der Waals surface area contributed by atoms with Crippen LogP contribution in [0.5, 0.6) is 0 Å². The SMILES string of the molecule is N#Cc1cc(F)cc([C@@H]2CCON2C(=O)[C@H]2CC[C@H](Cn3ccc4cc(F)c(C#N)cc43)CC2)c1. The van der Waals surface area contributed by atoms with Crippen LogP contribution in [0, 0.1) is 46.1 Å². The van der Waals surface area contributed by atoms with Crippen LogP contribution in [0.2, 0.25) is 0 Å². The van der Waals surface area contributed by atoms with Crippen LogP contribution in [-0.2, 0) is 16.2 Å². The fourth-order valence-electron chi connectivity index (χ4n) is 5.36. The Balaban J connectivity index is 1.24. The number of aromatic nitrogens is 1. The van der Waals surface area contributed by atoms with E-state index in [1.807, 2.05) is 24.4 Å². The van der Waals surface area contributed by atoms with Gasteiger partial charge >= 0.3 is 0 Å². The Hall–Kier alpha value is -3.75. The van der Waals surface area contributed by atoms with Crippen molar-refractivity contribution < 1.29 is 18.4 Å². The molecule has 1 atom stereocenters. The van der Waals surface area contributed by atoms with E-state index in [1.165, 1.54) is 23.3 Å². The van der Waals surface area contributed by atoms with Crippen molar-refractivity contribution in [2.45, 2.75) is 44.7 Å². The van der Waals surface area contributed by atoms with Crippen molar-refractivity contribution >= 4 is 16.8 Å². The number of amides is 1. The molecule has 0 N–H and O–H groups in total. The highest BCUT2D eigenvalue weighted by molar-refractivity contribution is 5.82. The smallest absolute Gasteiger partial charge is 0.249 e. The minimum Gasteiger partial charge on any atom is -0.347 e. The monoisotopic (exact) mass is 474 g/mol. The van der Waals surface area contributed by atoms with Gasteiger partial charge in [0.1, 0.15) is 17.7 Å². The van der Waals surface area contributed by atoms with Crippen LogP contribution >= 0.6 is 0 Å². The first kappa shape index (κ1) is 23.0. The van der Waals surface area contributed by atoms with Gasteiger partial charge in [-0.1, -0.05) is 0 Å². The van der Waals surface area contributed by atoms with Crippen molar-refractivity contribution in [1.29, 1.82) is 10.5 Å². The number of carbonyl (C=O) groups is 1. The molecule has 0 spiro atoms. The topological polar surface area (TPSA) is 82.0 Å². The number of fused-ring (bicyclic) bond motifs is 1. The molecular weight excluding hydrogens is 450 g/mol. The Morgan fingerprint density at radius 1 is 1.03 bits per heavy atom. The van der Waals surface area contributed by atoms with E-state index in [4.69, 9.17) is 15.4 Å². The molecule has 6 nitrogen and oxygen atoms in total. The Bertz CT molecular complexity index is 1360. The van der Waals surface area contributed by atoms with Gasteiger partial charge in [0.2, 0.25) is 5.91 Å². The van der Waals surface area contributed by atoms with Crippen molar-refractivity contribution in [1.82, 2.24) is 9.63 Å². The van der Waals surface area contributed by atoms with E-state index >= 15 is 0 Å². The predicted octanol–water partition coefficient (Wildman–Crippen LogP) is 5.37. The lowest BCUT2D eigenvalue weighted by Crippen LogP contribution is -2.37. The van der Waals surface area contributed by atoms with Crippen LogP contribution in [0.4, 0.5) is 8.78 Å². The van der Waals surface area contributed by atoms with Crippen molar-refractivity contribution in [3.63, 3.8) is 0 Å². The van der Waals surface area contributed by atoms with Gasteiger partial charge in [-0.25, -0.2) is 13.8 Å². The molecule has 2 aliphatic rings. The lowest BCUT2D eigenvalue weighted by molar-refractivity contribution is -0.183. The average Bonchev–Trinajstić information content (AvgIpc) is 3.50. The predicted molar refractivity (Wildman–Crippen MR) is 123 cm³/mol. The van der Waals surface area contributed by atoms with Crippen LogP contribution < -0.4 is 0 Å². The van der Waals surface area contributed by atoms with E-state index < -0.39 is 17.7 Å². The van der Waals surface area contributed by atoms with E-state index in [0.717, 1.165) is 43.1 Å². The van der Waals surface area contributed by atoms with Crippen LogP contribution in [0.3, 0.4) is 0 Å². The van der Waals surface area contributed by atoms with E-state index in [0.29, 0.717) is 24.5 Å². The molecule has 0 bridgehead atoms. The highest BCUT2D eigenvalue weighted by Crippen LogP contribution is 2.37. The number of benzene rings is 2. The van der Waals surface area contributed by atoms with Crippen molar-refractivity contribution in [2.75, 3.05) is 6.61 Å². The zero-order valence-electron chi connectivity index (χ0n) is 19.1. The van der Waals surface area contributed by atoms with Gasteiger partial charge in [-0.2, -0.15) is 10.5 Å². The van der Waals surface area contributed by atoms with Crippen LogP contribution in [0.15, 0.2) is 42.6 Å². The molecule has 1 aromatic heterocycles. The molecular formula is C27H24F2N4O2. The Morgan fingerprint density at radius 3 is 2.57 bits per heavy atom. The van der Waals surface area contributed by atoms with Crippen LogP contribution in [0.1, 0.15) is 54.8 Å². The maximum absolute atomic E-state index is 14.0. The molecule has 5 rings (SSSR count). The Labute approximate surface area is 201 Å². The Morgan fingerprint density at radius 2 is 1.83 bits per heavy atom. The molecule has 1 saturated carbocycles. The summed E-state index contributed by atoms with van der Waals surface area (Å²) >= 11 is 0. The molecule has 0 radical (unpaired) electrons. The molecule has 3 aromatic rings. The van der Waals surface area contributed by atoms with Gasteiger partial charge in [0.15, 0.2) is 0 Å². The zero-order chi connectivity index (χ0) is 24.5. The number of nitrogens with zero attached hydrogens (tertiary/aromatic N) is 4. The fraction of sp³-hybridized carbons (Fsp3) is 0.370. The molecule has 35 heavy (non-hydrogen) atoms. The molecule has 2 heterocycles. The van der Waals surface area contributed by atoms with E-state index in [9.17, 15) is 13.6 Å². The minimum absolute atomic E-state index is 0.0344. The zero-order valence-corrected chi connectivity index (χ0v) is 19.1. The quantitative estimate of drug-likeness (QED) is 0.509. The number of nitriles is 2. The second-order valence-electron chi connectivity index (χ2n) is 9.38. The van der Waals surface area contributed by atoms with E-state index in [-0.39, 0.29) is 23.0 Å². The maximum Gasteiger partial charge on any atom is 0.249 e. The van der Waals surface area contributed by atoms with Crippen molar-refractivity contribution in [3.8, 4) is 12.1 Å². The van der Waals surface area contributed by atoms with Gasteiger partial charge in [-0.05, 0) is 73.6 Å².